The van der Waals surface area contributed by atoms with Gasteiger partial charge in [-0.1, -0.05) is 18.2 Å². The van der Waals surface area contributed by atoms with Crippen LogP contribution < -0.4 is 15.5 Å². The van der Waals surface area contributed by atoms with E-state index >= 15 is 0 Å². The molecule has 1 aliphatic heterocycles. The Hall–Kier alpha value is -3.19. The molecule has 3 aromatic rings. The molecule has 27 heavy (non-hydrogen) atoms. The van der Waals surface area contributed by atoms with E-state index in [0.717, 1.165) is 49.1 Å². The highest BCUT2D eigenvalue weighted by molar-refractivity contribution is 5.73. The lowest BCUT2D eigenvalue weighted by Gasteiger charge is -2.30. The highest BCUT2D eigenvalue weighted by Gasteiger charge is 2.15. The largest absolute Gasteiger partial charge is 0.378 e. The minimum atomic E-state index is 0.562. The van der Waals surface area contributed by atoms with E-state index in [1.54, 1.807) is 12.4 Å². The van der Waals surface area contributed by atoms with E-state index in [4.69, 9.17) is 4.74 Å². The van der Waals surface area contributed by atoms with E-state index in [0.29, 0.717) is 12.5 Å². The zero-order chi connectivity index (χ0) is 18.3. The predicted molar refractivity (Wildman–Crippen MR) is 106 cm³/mol. The van der Waals surface area contributed by atoms with E-state index in [9.17, 15) is 0 Å². The van der Waals surface area contributed by atoms with Gasteiger partial charge in [0.05, 0.1) is 24.6 Å². The number of para-hydroxylation sites is 2. The zero-order valence-electron chi connectivity index (χ0n) is 15.0. The number of morpholine rings is 1. The van der Waals surface area contributed by atoms with E-state index in [1.165, 1.54) is 0 Å². The Kier molecular flexibility index (Phi) is 5.40. The van der Waals surface area contributed by atoms with E-state index in [1.807, 2.05) is 42.6 Å². The molecule has 0 spiro atoms. The molecule has 0 saturated carbocycles. The summed E-state index contributed by atoms with van der Waals surface area (Å²) >= 11 is 0. The van der Waals surface area contributed by atoms with Gasteiger partial charge < -0.3 is 20.3 Å². The summed E-state index contributed by atoms with van der Waals surface area (Å²) < 4.78 is 5.46. The van der Waals surface area contributed by atoms with Crippen LogP contribution in [0.4, 0.5) is 23.1 Å². The highest BCUT2D eigenvalue weighted by Crippen LogP contribution is 2.28. The molecule has 1 saturated heterocycles. The first-order valence-electron chi connectivity index (χ1n) is 9.03. The van der Waals surface area contributed by atoms with Crippen LogP contribution in [0, 0.1) is 0 Å². The topological polar surface area (TPSA) is 75.2 Å². The van der Waals surface area contributed by atoms with E-state index in [-0.39, 0.29) is 0 Å². The number of hydrogen-bond donors (Lipinski definition) is 2. The number of nitrogens with one attached hydrogen (secondary N) is 2. The molecule has 1 aromatic carbocycles. The average molecular weight is 362 g/mol. The van der Waals surface area contributed by atoms with Crippen LogP contribution in [0.2, 0.25) is 0 Å². The SMILES string of the molecule is c1cncc(CNc2ccnc(Nc3ccccc3N3CCOCC3)n2)c1. The fraction of sp³-hybridized carbons (Fsp3) is 0.250. The number of benzene rings is 1. The van der Waals surface area contributed by atoms with Gasteiger partial charge in [-0.15, -0.1) is 0 Å². The van der Waals surface area contributed by atoms with E-state index < -0.39 is 0 Å². The summed E-state index contributed by atoms with van der Waals surface area (Å²) in [4.78, 5) is 15.4. The van der Waals surface area contributed by atoms with Crippen molar-refractivity contribution in [3.8, 4) is 0 Å². The molecular formula is C20H22N6O. The summed E-state index contributed by atoms with van der Waals surface area (Å²) in [6, 6.07) is 14.0. The van der Waals surface area contributed by atoms with Crippen molar-refractivity contribution >= 4 is 23.1 Å². The third kappa shape index (κ3) is 4.51. The molecule has 0 radical (unpaired) electrons. The maximum Gasteiger partial charge on any atom is 0.229 e. The molecule has 0 atom stereocenters. The first-order valence-corrected chi connectivity index (χ1v) is 9.03. The lowest BCUT2D eigenvalue weighted by molar-refractivity contribution is 0.123. The fourth-order valence-corrected chi connectivity index (χ4v) is 2.99. The van der Waals surface area contributed by atoms with Gasteiger partial charge in [0.15, 0.2) is 0 Å². The Balaban J connectivity index is 1.47. The summed E-state index contributed by atoms with van der Waals surface area (Å²) in [7, 11) is 0. The van der Waals surface area contributed by atoms with E-state index in [2.05, 4.69) is 36.6 Å². The molecule has 3 heterocycles. The normalized spacial score (nSPS) is 14.0. The van der Waals surface area contributed by atoms with Gasteiger partial charge in [-0.05, 0) is 29.8 Å². The van der Waals surface area contributed by atoms with Crippen molar-refractivity contribution in [2.24, 2.45) is 0 Å². The molecule has 138 valence electrons. The number of aromatic nitrogens is 3. The van der Waals surface area contributed by atoms with Gasteiger partial charge in [0.1, 0.15) is 5.82 Å². The fourth-order valence-electron chi connectivity index (χ4n) is 2.99. The minimum absolute atomic E-state index is 0.562. The Labute approximate surface area is 158 Å². The van der Waals surface area contributed by atoms with Gasteiger partial charge in [0.2, 0.25) is 5.95 Å². The van der Waals surface area contributed by atoms with Crippen molar-refractivity contribution < 1.29 is 4.74 Å². The molecule has 0 amide bonds. The predicted octanol–water partition coefficient (Wildman–Crippen LogP) is 3.06. The summed E-state index contributed by atoms with van der Waals surface area (Å²) in [5.74, 6) is 1.33. The monoisotopic (exact) mass is 362 g/mol. The second kappa shape index (κ2) is 8.46. The van der Waals surface area contributed by atoms with Crippen LogP contribution in [0.15, 0.2) is 61.1 Å². The van der Waals surface area contributed by atoms with Crippen molar-refractivity contribution in [2.75, 3.05) is 41.8 Å². The molecule has 1 aliphatic rings. The maximum absolute atomic E-state index is 5.46. The van der Waals surface area contributed by atoms with Crippen LogP contribution in [0.1, 0.15) is 5.56 Å². The van der Waals surface area contributed by atoms with Crippen LogP contribution in [-0.2, 0) is 11.3 Å². The number of hydrogen-bond acceptors (Lipinski definition) is 7. The number of nitrogens with zero attached hydrogens (tertiary/aromatic N) is 4. The third-order valence-corrected chi connectivity index (χ3v) is 4.35. The zero-order valence-corrected chi connectivity index (χ0v) is 15.0. The van der Waals surface area contributed by atoms with Gasteiger partial charge in [-0.25, -0.2) is 4.98 Å². The number of ether oxygens (including phenoxy) is 1. The van der Waals surface area contributed by atoms with Crippen molar-refractivity contribution in [2.45, 2.75) is 6.54 Å². The second-order valence-corrected chi connectivity index (χ2v) is 6.22. The average Bonchev–Trinajstić information content (AvgIpc) is 2.74. The molecule has 7 nitrogen and oxygen atoms in total. The molecule has 7 heteroatoms. The number of rotatable bonds is 6. The van der Waals surface area contributed by atoms with Crippen LogP contribution in [0.25, 0.3) is 0 Å². The Morgan fingerprint density at radius 2 is 1.89 bits per heavy atom. The van der Waals surface area contributed by atoms with Gasteiger partial charge in [0, 0.05) is 38.2 Å². The number of anilines is 4. The lowest BCUT2D eigenvalue weighted by Crippen LogP contribution is -2.36. The standard InChI is InChI=1S/C20H22N6O/c1-2-6-18(26-10-12-27-13-11-26)17(5-1)24-20-22-9-7-19(25-20)23-15-16-4-3-8-21-14-16/h1-9,14H,10-13,15H2,(H2,22,23,24,25). The van der Waals surface area contributed by atoms with Crippen LogP contribution in [-0.4, -0.2) is 41.3 Å². The first-order chi connectivity index (χ1) is 13.4. The molecule has 0 unspecified atom stereocenters. The van der Waals surface area contributed by atoms with Crippen molar-refractivity contribution in [1.29, 1.82) is 0 Å². The lowest BCUT2D eigenvalue weighted by atomic mass is 10.2. The molecule has 4 rings (SSSR count). The van der Waals surface area contributed by atoms with Crippen molar-refractivity contribution in [3.05, 3.63) is 66.6 Å². The molecule has 1 fully saturated rings. The highest BCUT2D eigenvalue weighted by atomic mass is 16.5. The molecular weight excluding hydrogens is 340 g/mol. The van der Waals surface area contributed by atoms with Crippen molar-refractivity contribution in [3.63, 3.8) is 0 Å². The first kappa shape index (κ1) is 17.2. The van der Waals surface area contributed by atoms with Gasteiger partial charge >= 0.3 is 0 Å². The molecule has 2 N–H and O–H groups in total. The van der Waals surface area contributed by atoms with Crippen molar-refractivity contribution in [1.82, 2.24) is 15.0 Å². The number of pyridine rings is 1. The van der Waals surface area contributed by atoms with Gasteiger partial charge in [-0.2, -0.15) is 4.98 Å². The molecule has 0 aliphatic carbocycles. The van der Waals surface area contributed by atoms with Crippen LogP contribution in [0.5, 0.6) is 0 Å². The van der Waals surface area contributed by atoms with Gasteiger partial charge in [0.25, 0.3) is 0 Å². The summed E-state index contributed by atoms with van der Waals surface area (Å²) in [5, 5.41) is 6.66. The third-order valence-electron chi connectivity index (χ3n) is 4.35. The summed E-state index contributed by atoms with van der Waals surface area (Å²) in [6.45, 7) is 3.92. The second-order valence-electron chi connectivity index (χ2n) is 6.22. The summed E-state index contributed by atoms with van der Waals surface area (Å²) in [5.41, 5.74) is 3.23. The van der Waals surface area contributed by atoms with Gasteiger partial charge in [-0.3, -0.25) is 4.98 Å². The quantitative estimate of drug-likeness (QED) is 0.698. The molecule has 0 bridgehead atoms. The maximum atomic E-state index is 5.46. The Bertz CT molecular complexity index is 867. The minimum Gasteiger partial charge on any atom is -0.378 e. The smallest absolute Gasteiger partial charge is 0.229 e. The Morgan fingerprint density at radius 3 is 2.74 bits per heavy atom. The molecule has 2 aromatic heterocycles. The Morgan fingerprint density at radius 1 is 1.00 bits per heavy atom. The summed E-state index contributed by atoms with van der Waals surface area (Å²) in [6.07, 6.45) is 5.35. The van der Waals surface area contributed by atoms with Crippen LogP contribution in [0.3, 0.4) is 0 Å². The van der Waals surface area contributed by atoms with Crippen LogP contribution >= 0.6 is 0 Å².